The summed E-state index contributed by atoms with van der Waals surface area (Å²) in [5.74, 6) is 2.92. The Kier molecular flexibility index (Phi) is 3.16. The van der Waals surface area contributed by atoms with Crippen LogP contribution in [0.15, 0.2) is 34.7 Å². The molecule has 18 heavy (non-hydrogen) atoms. The standard InChI is InChI=1S/C15H15BrO2/c1-10-4-6-14(18-10)15(16)12-5-7-13-11(9-12)3-2-8-17-13/h4-7,9,15H,2-3,8H2,1H3. The number of ether oxygens (including phenoxy) is 1. The Bertz CT molecular complexity index is 559. The predicted molar refractivity (Wildman–Crippen MR) is 74.5 cm³/mol. The van der Waals surface area contributed by atoms with Gasteiger partial charge in [0.2, 0.25) is 0 Å². The molecule has 3 heteroatoms. The smallest absolute Gasteiger partial charge is 0.122 e. The van der Waals surface area contributed by atoms with E-state index in [1.807, 2.05) is 19.1 Å². The van der Waals surface area contributed by atoms with Crippen molar-refractivity contribution >= 4 is 15.9 Å². The third kappa shape index (κ3) is 2.19. The largest absolute Gasteiger partial charge is 0.493 e. The summed E-state index contributed by atoms with van der Waals surface area (Å²) in [4.78, 5) is 0.110. The first-order chi connectivity index (χ1) is 8.74. The van der Waals surface area contributed by atoms with Gasteiger partial charge in [-0.1, -0.05) is 28.1 Å². The highest BCUT2D eigenvalue weighted by Crippen LogP contribution is 2.35. The second kappa shape index (κ2) is 4.81. The van der Waals surface area contributed by atoms with E-state index < -0.39 is 0 Å². The number of rotatable bonds is 2. The first kappa shape index (κ1) is 11.8. The summed E-state index contributed by atoms with van der Waals surface area (Å²) in [5.41, 5.74) is 2.51. The van der Waals surface area contributed by atoms with Crippen LogP contribution in [0.3, 0.4) is 0 Å². The summed E-state index contributed by atoms with van der Waals surface area (Å²) in [6.45, 7) is 2.80. The van der Waals surface area contributed by atoms with Crippen LogP contribution >= 0.6 is 15.9 Å². The fraction of sp³-hybridized carbons (Fsp3) is 0.333. The topological polar surface area (TPSA) is 22.4 Å². The Morgan fingerprint density at radius 3 is 2.89 bits per heavy atom. The Hall–Kier alpha value is -1.22. The van der Waals surface area contributed by atoms with Gasteiger partial charge in [0.1, 0.15) is 17.3 Å². The van der Waals surface area contributed by atoms with Crippen molar-refractivity contribution in [3.05, 3.63) is 53.0 Å². The summed E-state index contributed by atoms with van der Waals surface area (Å²) < 4.78 is 11.3. The third-order valence-electron chi connectivity index (χ3n) is 3.24. The van der Waals surface area contributed by atoms with Gasteiger partial charge in [-0.05, 0) is 49.1 Å². The fourth-order valence-electron chi connectivity index (χ4n) is 2.29. The number of halogens is 1. The Morgan fingerprint density at radius 2 is 2.11 bits per heavy atom. The highest BCUT2D eigenvalue weighted by molar-refractivity contribution is 9.09. The number of alkyl halides is 1. The van der Waals surface area contributed by atoms with Crippen LogP contribution in [0.4, 0.5) is 0 Å². The van der Waals surface area contributed by atoms with Crippen LogP contribution in [0.1, 0.15) is 33.9 Å². The molecule has 1 atom stereocenters. The molecule has 1 aromatic carbocycles. The summed E-state index contributed by atoms with van der Waals surface area (Å²) in [5, 5.41) is 0. The van der Waals surface area contributed by atoms with Crippen molar-refractivity contribution in [2.45, 2.75) is 24.6 Å². The van der Waals surface area contributed by atoms with Crippen molar-refractivity contribution in [1.82, 2.24) is 0 Å². The van der Waals surface area contributed by atoms with Gasteiger partial charge < -0.3 is 9.15 Å². The number of hydrogen-bond donors (Lipinski definition) is 0. The van der Waals surface area contributed by atoms with Crippen molar-refractivity contribution in [3.8, 4) is 5.75 Å². The van der Waals surface area contributed by atoms with Crippen molar-refractivity contribution < 1.29 is 9.15 Å². The van der Waals surface area contributed by atoms with Gasteiger partial charge >= 0.3 is 0 Å². The zero-order valence-electron chi connectivity index (χ0n) is 10.3. The number of fused-ring (bicyclic) bond motifs is 1. The van der Waals surface area contributed by atoms with E-state index in [4.69, 9.17) is 9.15 Å². The van der Waals surface area contributed by atoms with Gasteiger partial charge in [0, 0.05) is 0 Å². The lowest BCUT2D eigenvalue weighted by Gasteiger charge is -2.18. The minimum atomic E-state index is 0.110. The van der Waals surface area contributed by atoms with Crippen molar-refractivity contribution in [1.29, 1.82) is 0 Å². The fourth-order valence-corrected chi connectivity index (χ4v) is 2.82. The van der Waals surface area contributed by atoms with E-state index >= 15 is 0 Å². The van der Waals surface area contributed by atoms with Crippen LogP contribution in [0.5, 0.6) is 5.75 Å². The molecule has 2 nitrogen and oxygen atoms in total. The predicted octanol–water partition coefficient (Wildman–Crippen LogP) is 4.40. The minimum Gasteiger partial charge on any atom is -0.493 e. The van der Waals surface area contributed by atoms with Crippen molar-refractivity contribution in [3.63, 3.8) is 0 Å². The highest BCUT2D eigenvalue weighted by atomic mass is 79.9. The molecular weight excluding hydrogens is 292 g/mol. The van der Waals surface area contributed by atoms with Gasteiger partial charge in [0.15, 0.2) is 0 Å². The molecule has 1 aromatic heterocycles. The van der Waals surface area contributed by atoms with E-state index in [9.17, 15) is 0 Å². The van der Waals surface area contributed by atoms with Crippen LogP contribution < -0.4 is 4.74 Å². The van der Waals surface area contributed by atoms with Gasteiger partial charge in [-0.2, -0.15) is 0 Å². The molecule has 0 radical (unpaired) electrons. The molecule has 0 fully saturated rings. The van der Waals surface area contributed by atoms with Gasteiger partial charge in [-0.25, -0.2) is 0 Å². The molecule has 2 aromatic rings. The summed E-state index contributed by atoms with van der Waals surface area (Å²) in [7, 11) is 0. The monoisotopic (exact) mass is 306 g/mol. The van der Waals surface area contributed by atoms with Gasteiger partial charge in [0.25, 0.3) is 0 Å². The Balaban J connectivity index is 1.92. The molecule has 0 bridgehead atoms. The average Bonchev–Trinajstić information content (AvgIpc) is 2.84. The van der Waals surface area contributed by atoms with Gasteiger partial charge in [0.05, 0.1) is 11.4 Å². The van der Waals surface area contributed by atoms with E-state index in [0.717, 1.165) is 36.7 Å². The van der Waals surface area contributed by atoms with E-state index in [1.54, 1.807) is 0 Å². The molecule has 0 N–H and O–H groups in total. The third-order valence-corrected chi connectivity index (χ3v) is 4.22. The van der Waals surface area contributed by atoms with Crippen LogP contribution in [-0.4, -0.2) is 6.61 Å². The minimum absolute atomic E-state index is 0.110. The van der Waals surface area contributed by atoms with Crippen LogP contribution in [0.2, 0.25) is 0 Å². The van der Waals surface area contributed by atoms with Crippen LogP contribution in [0, 0.1) is 6.92 Å². The summed E-state index contributed by atoms with van der Waals surface area (Å²) in [6, 6.07) is 10.4. The number of benzene rings is 1. The first-order valence-electron chi connectivity index (χ1n) is 6.20. The quantitative estimate of drug-likeness (QED) is 0.767. The SMILES string of the molecule is Cc1ccc(C(Br)c2ccc3c(c2)CCCO3)o1. The number of hydrogen-bond acceptors (Lipinski definition) is 2. The van der Waals surface area contributed by atoms with E-state index in [1.165, 1.54) is 11.1 Å². The molecule has 0 amide bonds. The molecule has 3 rings (SSSR count). The normalized spacial score (nSPS) is 15.9. The lowest BCUT2D eigenvalue weighted by molar-refractivity contribution is 0.288. The summed E-state index contributed by atoms with van der Waals surface area (Å²) >= 11 is 3.70. The van der Waals surface area contributed by atoms with Crippen LogP contribution in [0.25, 0.3) is 0 Å². The molecule has 0 spiro atoms. The molecule has 1 unspecified atom stereocenters. The zero-order valence-corrected chi connectivity index (χ0v) is 11.9. The number of aryl methyl sites for hydroxylation is 2. The summed E-state index contributed by atoms with van der Waals surface area (Å²) in [6.07, 6.45) is 2.20. The molecule has 0 saturated heterocycles. The first-order valence-corrected chi connectivity index (χ1v) is 7.11. The second-order valence-electron chi connectivity index (χ2n) is 4.63. The molecule has 0 aliphatic carbocycles. The highest BCUT2D eigenvalue weighted by Gasteiger charge is 2.17. The maximum Gasteiger partial charge on any atom is 0.122 e. The van der Waals surface area contributed by atoms with Gasteiger partial charge in [-0.15, -0.1) is 0 Å². The zero-order chi connectivity index (χ0) is 12.5. The molecule has 1 aliphatic rings. The molecule has 94 valence electrons. The number of furan rings is 1. The molecule has 1 aliphatic heterocycles. The lowest BCUT2D eigenvalue weighted by atomic mass is 10.0. The van der Waals surface area contributed by atoms with E-state index in [2.05, 4.69) is 34.1 Å². The second-order valence-corrected chi connectivity index (χ2v) is 5.55. The van der Waals surface area contributed by atoms with Crippen molar-refractivity contribution in [2.24, 2.45) is 0 Å². The lowest BCUT2D eigenvalue weighted by Crippen LogP contribution is -2.08. The van der Waals surface area contributed by atoms with Crippen molar-refractivity contribution in [2.75, 3.05) is 6.61 Å². The maximum atomic E-state index is 5.67. The van der Waals surface area contributed by atoms with Gasteiger partial charge in [-0.3, -0.25) is 0 Å². The maximum absolute atomic E-state index is 5.67. The Morgan fingerprint density at radius 1 is 1.22 bits per heavy atom. The van der Waals surface area contributed by atoms with E-state index in [-0.39, 0.29) is 4.83 Å². The van der Waals surface area contributed by atoms with Crippen LogP contribution in [-0.2, 0) is 6.42 Å². The molecule has 0 saturated carbocycles. The Labute approximate surface area is 115 Å². The molecular formula is C15H15BrO2. The average molecular weight is 307 g/mol. The molecule has 2 heterocycles. The van der Waals surface area contributed by atoms with E-state index in [0.29, 0.717) is 0 Å².